The number of ether oxygens (including phenoxy) is 3. The van der Waals surface area contributed by atoms with Gasteiger partial charge in [-0.25, -0.2) is 5.43 Å². The molecule has 4 rings (SSSR count). The van der Waals surface area contributed by atoms with Crippen LogP contribution in [0.25, 0.3) is 11.0 Å². The van der Waals surface area contributed by atoms with Crippen LogP contribution >= 0.6 is 22.6 Å². The Morgan fingerprint density at radius 3 is 2.51 bits per heavy atom. The lowest BCUT2D eigenvalue weighted by Crippen LogP contribution is -2.16. The monoisotopic (exact) mass is 584 g/mol. The van der Waals surface area contributed by atoms with Crippen LogP contribution in [0.2, 0.25) is 0 Å². The largest absolute Gasteiger partial charge is 0.494 e. The summed E-state index contributed by atoms with van der Waals surface area (Å²) < 4.78 is 24.0. The van der Waals surface area contributed by atoms with Gasteiger partial charge in [0.1, 0.15) is 17.9 Å². The Morgan fingerprint density at radius 2 is 1.74 bits per heavy atom. The van der Waals surface area contributed by atoms with Crippen molar-refractivity contribution in [3.63, 3.8) is 0 Å². The molecule has 0 aliphatic rings. The van der Waals surface area contributed by atoms with Crippen LogP contribution < -0.4 is 19.6 Å². The topological polar surface area (TPSA) is 82.3 Å². The Labute approximate surface area is 217 Å². The Morgan fingerprint density at radius 1 is 0.943 bits per heavy atom. The zero-order valence-corrected chi connectivity index (χ0v) is 21.6. The molecule has 0 bridgehead atoms. The average molecular weight is 584 g/mol. The molecule has 0 atom stereocenters. The number of hydrogen-bond donors (Lipinski definition) is 1. The lowest BCUT2D eigenvalue weighted by atomic mass is 10.2. The maximum Gasteiger partial charge on any atom is 0.307 e. The molecule has 0 fully saturated rings. The van der Waals surface area contributed by atoms with Crippen molar-refractivity contribution in [2.45, 2.75) is 20.5 Å². The molecule has 1 amide bonds. The summed E-state index contributed by atoms with van der Waals surface area (Å²) in [5.74, 6) is 1.69. The van der Waals surface area contributed by atoms with Crippen LogP contribution in [0.5, 0.6) is 17.2 Å². The fourth-order valence-corrected chi connectivity index (χ4v) is 3.70. The molecule has 0 spiro atoms. The van der Waals surface area contributed by atoms with Gasteiger partial charge < -0.3 is 18.6 Å². The smallest absolute Gasteiger partial charge is 0.307 e. The number of halogens is 1. The van der Waals surface area contributed by atoms with E-state index in [2.05, 4.69) is 33.1 Å². The number of carbonyl (C=O) groups excluding carboxylic acids is 1. The van der Waals surface area contributed by atoms with E-state index in [4.69, 9.17) is 18.6 Å². The maximum atomic E-state index is 12.5. The number of fused-ring (bicyclic) bond motifs is 1. The fraction of sp³-hybridized carbons (Fsp3) is 0.185. The van der Waals surface area contributed by atoms with E-state index in [1.165, 1.54) is 3.57 Å². The van der Waals surface area contributed by atoms with Gasteiger partial charge in [0, 0.05) is 8.96 Å². The number of nitrogens with zero attached hydrogens (tertiary/aromatic N) is 1. The van der Waals surface area contributed by atoms with Gasteiger partial charge in [0.2, 0.25) is 0 Å². The highest BCUT2D eigenvalue weighted by atomic mass is 127. The maximum absolute atomic E-state index is 12.5. The second kappa shape index (κ2) is 11.7. The second-order valence-electron chi connectivity index (χ2n) is 7.50. The van der Waals surface area contributed by atoms with Crippen LogP contribution in [0.4, 0.5) is 0 Å². The average Bonchev–Trinajstić information content (AvgIpc) is 3.29. The van der Waals surface area contributed by atoms with E-state index < -0.39 is 5.91 Å². The number of rotatable bonds is 10. The molecule has 0 aliphatic carbocycles. The number of carbonyl (C=O) groups is 1. The summed E-state index contributed by atoms with van der Waals surface area (Å²) in [5.41, 5.74) is 4.92. The molecular formula is C27H25IN2O5. The third-order valence-electron chi connectivity index (χ3n) is 4.98. The predicted octanol–water partition coefficient (Wildman–Crippen LogP) is 6.18. The van der Waals surface area contributed by atoms with E-state index >= 15 is 0 Å². The molecule has 1 N–H and O–H groups in total. The molecule has 7 nitrogen and oxygen atoms in total. The van der Waals surface area contributed by atoms with Gasteiger partial charge in [-0.1, -0.05) is 12.1 Å². The van der Waals surface area contributed by atoms with Crippen LogP contribution in [-0.2, 0) is 6.61 Å². The molecule has 1 aromatic heterocycles. The molecule has 0 saturated carbocycles. The van der Waals surface area contributed by atoms with Crippen LogP contribution in [0.3, 0.4) is 0 Å². The van der Waals surface area contributed by atoms with Gasteiger partial charge in [-0.3, -0.25) is 4.79 Å². The standard InChI is InChI=1S/C27H25IN2O5/c1-3-32-22-10-12-23-20(14-22)15-26(35-23)27(31)30-29-16-19-7-11-24(25(13-19)33-4-2)34-17-18-5-8-21(28)9-6-18/h5-16H,3-4,17H2,1-2H3,(H,30,31)/b29-16+. The van der Waals surface area contributed by atoms with E-state index in [1.807, 2.05) is 62.4 Å². The highest BCUT2D eigenvalue weighted by molar-refractivity contribution is 14.1. The van der Waals surface area contributed by atoms with E-state index in [1.54, 1.807) is 24.4 Å². The molecular weight excluding hydrogens is 559 g/mol. The molecule has 180 valence electrons. The molecule has 0 radical (unpaired) electrons. The Kier molecular flexibility index (Phi) is 8.25. The van der Waals surface area contributed by atoms with Crippen LogP contribution in [-0.4, -0.2) is 25.3 Å². The van der Waals surface area contributed by atoms with E-state index in [9.17, 15) is 4.79 Å². The molecule has 0 aliphatic heterocycles. The minimum absolute atomic E-state index is 0.167. The molecule has 0 saturated heterocycles. The first-order valence-corrected chi connectivity index (χ1v) is 12.3. The molecule has 35 heavy (non-hydrogen) atoms. The highest BCUT2D eigenvalue weighted by Gasteiger charge is 2.12. The quantitative estimate of drug-likeness (QED) is 0.137. The van der Waals surface area contributed by atoms with Crippen LogP contribution in [0.15, 0.2) is 76.2 Å². The van der Waals surface area contributed by atoms with Gasteiger partial charge in [0.05, 0.1) is 19.4 Å². The van der Waals surface area contributed by atoms with Crippen molar-refractivity contribution >= 4 is 45.7 Å². The minimum atomic E-state index is -0.446. The Balaban J connectivity index is 1.40. The van der Waals surface area contributed by atoms with Crippen LogP contribution in [0, 0.1) is 3.57 Å². The zero-order chi connectivity index (χ0) is 24.6. The van der Waals surface area contributed by atoms with Gasteiger partial charge in [-0.2, -0.15) is 5.10 Å². The molecule has 8 heteroatoms. The van der Waals surface area contributed by atoms with Crippen LogP contribution in [0.1, 0.15) is 35.5 Å². The summed E-state index contributed by atoms with van der Waals surface area (Å²) >= 11 is 2.27. The Hall–Kier alpha value is -3.53. The fourth-order valence-electron chi connectivity index (χ4n) is 3.34. The summed E-state index contributed by atoms with van der Waals surface area (Å²) in [7, 11) is 0. The predicted molar refractivity (Wildman–Crippen MR) is 144 cm³/mol. The summed E-state index contributed by atoms with van der Waals surface area (Å²) in [6, 6.07) is 20.7. The van der Waals surface area contributed by atoms with Gasteiger partial charge in [0.25, 0.3) is 0 Å². The first-order chi connectivity index (χ1) is 17.1. The number of amides is 1. The van der Waals surface area contributed by atoms with Crippen molar-refractivity contribution < 1.29 is 23.4 Å². The summed E-state index contributed by atoms with van der Waals surface area (Å²) in [5, 5.41) is 4.85. The van der Waals surface area contributed by atoms with Gasteiger partial charge in [0.15, 0.2) is 17.3 Å². The van der Waals surface area contributed by atoms with E-state index in [0.717, 1.165) is 22.3 Å². The zero-order valence-electron chi connectivity index (χ0n) is 19.4. The summed E-state index contributed by atoms with van der Waals surface area (Å²) in [6.07, 6.45) is 1.54. The second-order valence-corrected chi connectivity index (χ2v) is 8.74. The lowest BCUT2D eigenvalue weighted by Gasteiger charge is -2.12. The normalized spacial score (nSPS) is 11.1. The first kappa shape index (κ1) is 24.6. The number of benzene rings is 3. The third-order valence-corrected chi connectivity index (χ3v) is 5.70. The lowest BCUT2D eigenvalue weighted by molar-refractivity contribution is 0.0929. The third kappa shape index (κ3) is 6.54. The minimum Gasteiger partial charge on any atom is -0.494 e. The number of furan rings is 1. The van der Waals surface area contributed by atoms with Gasteiger partial charge >= 0.3 is 5.91 Å². The van der Waals surface area contributed by atoms with Crippen molar-refractivity contribution in [2.75, 3.05) is 13.2 Å². The van der Waals surface area contributed by atoms with Crippen molar-refractivity contribution in [3.8, 4) is 17.2 Å². The van der Waals surface area contributed by atoms with E-state index in [0.29, 0.717) is 36.9 Å². The highest BCUT2D eigenvalue weighted by Crippen LogP contribution is 2.29. The summed E-state index contributed by atoms with van der Waals surface area (Å²) in [4.78, 5) is 12.5. The van der Waals surface area contributed by atoms with Gasteiger partial charge in [-0.05, 0) is 102 Å². The molecule has 0 unspecified atom stereocenters. The number of hydrogen-bond acceptors (Lipinski definition) is 6. The first-order valence-electron chi connectivity index (χ1n) is 11.2. The number of hydrazone groups is 1. The molecule has 4 aromatic rings. The summed E-state index contributed by atoms with van der Waals surface area (Å²) in [6.45, 7) is 5.32. The van der Waals surface area contributed by atoms with E-state index in [-0.39, 0.29) is 5.76 Å². The Bertz CT molecular complexity index is 1330. The van der Waals surface area contributed by atoms with Crippen molar-refractivity contribution in [2.24, 2.45) is 5.10 Å². The van der Waals surface area contributed by atoms with Gasteiger partial charge in [-0.15, -0.1) is 0 Å². The number of nitrogens with one attached hydrogen (secondary N) is 1. The van der Waals surface area contributed by atoms with Crippen molar-refractivity contribution in [1.29, 1.82) is 0 Å². The molecule has 1 heterocycles. The SMILES string of the molecule is CCOc1ccc2oc(C(=O)N/N=C/c3ccc(OCc4ccc(I)cc4)c(OCC)c3)cc2c1. The molecule has 3 aromatic carbocycles. The van der Waals surface area contributed by atoms with Crippen molar-refractivity contribution in [1.82, 2.24) is 5.43 Å². The van der Waals surface area contributed by atoms with Crippen molar-refractivity contribution in [3.05, 3.63) is 87.2 Å².